The van der Waals surface area contributed by atoms with Crippen molar-refractivity contribution in [3.8, 4) is 0 Å². The van der Waals surface area contributed by atoms with Crippen LogP contribution in [0.2, 0.25) is 0 Å². The molecule has 2 bridgehead atoms. The Labute approximate surface area is 208 Å². The molecule has 4 unspecified atom stereocenters. The highest BCUT2D eigenvalue weighted by atomic mass is 79.9. The zero-order valence-corrected chi connectivity index (χ0v) is 21.5. The van der Waals surface area contributed by atoms with Crippen LogP contribution in [0.3, 0.4) is 0 Å². The molecule has 9 heteroatoms. The van der Waals surface area contributed by atoms with Crippen LogP contribution in [0.5, 0.6) is 0 Å². The van der Waals surface area contributed by atoms with Crippen molar-refractivity contribution in [2.24, 2.45) is 11.8 Å². The standard InChI is InChI=1S/C25H34BrN3O5/c1-4-8-14(2)28-23(32)21-25-12-17(26)20(34-25)18(22(31)27-3)19(25)24(33)29(21)16(13-30)11-15-9-6-5-7-10-15/h5-7,9-10,14,16-21,30H,4,8,11-13H2,1-3H3,(H,27,31)(H,28,32)/t14?,16-,17?,18+,19+,20+,21?,25?/m1/s1. The summed E-state index contributed by atoms with van der Waals surface area (Å²) in [5.74, 6) is -2.32. The molecule has 0 aromatic heterocycles. The number of nitrogens with one attached hydrogen (secondary N) is 2. The van der Waals surface area contributed by atoms with Gasteiger partial charge < -0.3 is 25.4 Å². The second kappa shape index (κ2) is 9.95. The van der Waals surface area contributed by atoms with Crippen molar-refractivity contribution in [1.29, 1.82) is 0 Å². The number of hydrogen-bond acceptors (Lipinski definition) is 5. The first kappa shape index (κ1) is 25.1. The topological polar surface area (TPSA) is 108 Å². The summed E-state index contributed by atoms with van der Waals surface area (Å²) >= 11 is 3.65. The molecule has 0 saturated carbocycles. The number of amides is 3. The highest BCUT2D eigenvalue weighted by molar-refractivity contribution is 9.09. The number of carbonyl (C=O) groups excluding carboxylic acids is 3. The third kappa shape index (κ3) is 4.05. The van der Waals surface area contributed by atoms with Gasteiger partial charge in [0.1, 0.15) is 11.6 Å². The van der Waals surface area contributed by atoms with Crippen LogP contribution in [0.15, 0.2) is 30.3 Å². The van der Waals surface area contributed by atoms with Gasteiger partial charge in [-0.1, -0.05) is 59.6 Å². The molecule has 8 atom stereocenters. The molecule has 3 fully saturated rings. The Morgan fingerprint density at radius 1 is 1.29 bits per heavy atom. The van der Waals surface area contributed by atoms with E-state index in [2.05, 4.69) is 33.5 Å². The lowest BCUT2D eigenvalue weighted by molar-refractivity contribution is -0.145. The number of benzene rings is 1. The fourth-order valence-corrected chi connectivity index (χ4v) is 7.13. The third-order valence-corrected chi connectivity index (χ3v) is 8.40. The molecular weight excluding hydrogens is 502 g/mol. The van der Waals surface area contributed by atoms with E-state index in [9.17, 15) is 19.5 Å². The van der Waals surface area contributed by atoms with Crippen molar-refractivity contribution in [3.05, 3.63) is 35.9 Å². The van der Waals surface area contributed by atoms with E-state index in [0.29, 0.717) is 12.8 Å². The summed E-state index contributed by atoms with van der Waals surface area (Å²) in [4.78, 5) is 42.0. The number of likely N-dealkylation sites (tertiary alicyclic amines) is 1. The molecule has 0 aliphatic carbocycles. The molecule has 0 radical (unpaired) electrons. The van der Waals surface area contributed by atoms with E-state index in [0.717, 1.165) is 18.4 Å². The van der Waals surface area contributed by atoms with Gasteiger partial charge in [-0.2, -0.15) is 0 Å². The fourth-order valence-electron chi connectivity index (χ4n) is 6.19. The summed E-state index contributed by atoms with van der Waals surface area (Å²) < 4.78 is 6.44. The molecule has 3 saturated heterocycles. The third-order valence-electron chi connectivity index (χ3n) is 7.55. The predicted molar refractivity (Wildman–Crippen MR) is 130 cm³/mol. The van der Waals surface area contributed by atoms with Crippen LogP contribution in [0.25, 0.3) is 0 Å². The average Bonchev–Trinajstić information content (AvgIpc) is 3.41. The van der Waals surface area contributed by atoms with Gasteiger partial charge in [-0.15, -0.1) is 0 Å². The zero-order chi connectivity index (χ0) is 24.6. The number of aliphatic hydroxyl groups excluding tert-OH is 1. The van der Waals surface area contributed by atoms with Crippen molar-refractivity contribution in [2.45, 2.75) is 74.2 Å². The Hall–Kier alpha value is -1.97. The minimum atomic E-state index is -1.12. The zero-order valence-electron chi connectivity index (χ0n) is 19.9. The van der Waals surface area contributed by atoms with Crippen LogP contribution in [0, 0.1) is 11.8 Å². The normalized spacial score (nSPS) is 33.5. The van der Waals surface area contributed by atoms with Crippen LogP contribution in [0.1, 0.15) is 38.7 Å². The number of hydrogen-bond donors (Lipinski definition) is 3. The molecule has 186 valence electrons. The summed E-state index contributed by atoms with van der Waals surface area (Å²) in [6.45, 7) is 3.69. The van der Waals surface area contributed by atoms with Gasteiger partial charge in [0, 0.05) is 17.9 Å². The van der Waals surface area contributed by atoms with Gasteiger partial charge in [0.05, 0.1) is 30.6 Å². The number of aliphatic hydroxyl groups is 1. The van der Waals surface area contributed by atoms with E-state index in [4.69, 9.17) is 4.74 Å². The lowest BCUT2D eigenvalue weighted by Crippen LogP contribution is -2.59. The number of rotatable bonds is 9. The molecule has 1 aromatic rings. The number of fused-ring (bicyclic) bond motifs is 1. The van der Waals surface area contributed by atoms with Crippen LogP contribution in [0.4, 0.5) is 0 Å². The lowest BCUT2D eigenvalue weighted by atomic mass is 9.70. The lowest BCUT2D eigenvalue weighted by Gasteiger charge is -2.37. The van der Waals surface area contributed by atoms with Crippen molar-refractivity contribution in [1.82, 2.24) is 15.5 Å². The summed E-state index contributed by atoms with van der Waals surface area (Å²) in [6.07, 6.45) is 2.08. The fraction of sp³-hybridized carbons (Fsp3) is 0.640. The summed E-state index contributed by atoms with van der Waals surface area (Å²) in [5.41, 5.74) is -0.165. The average molecular weight is 536 g/mol. The van der Waals surface area contributed by atoms with E-state index in [1.807, 2.05) is 37.3 Å². The Morgan fingerprint density at radius 3 is 2.62 bits per heavy atom. The molecule has 3 heterocycles. The van der Waals surface area contributed by atoms with E-state index in [1.54, 1.807) is 7.05 Å². The first-order valence-corrected chi connectivity index (χ1v) is 13.0. The highest BCUT2D eigenvalue weighted by Gasteiger charge is 2.76. The van der Waals surface area contributed by atoms with Crippen molar-refractivity contribution in [2.75, 3.05) is 13.7 Å². The maximum atomic E-state index is 14.0. The van der Waals surface area contributed by atoms with Gasteiger partial charge in [-0.3, -0.25) is 14.4 Å². The molecular formula is C25H34BrN3O5. The quantitative estimate of drug-likeness (QED) is 0.414. The predicted octanol–water partition coefficient (Wildman–Crippen LogP) is 1.39. The Kier molecular flexibility index (Phi) is 7.36. The summed E-state index contributed by atoms with van der Waals surface area (Å²) in [6, 6.07) is 7.97. The minimum absolute atomic E-state index is 0.0697. The number of nitrogens with zero attached hydrogens (tertiary/aromatic N) is 1. The molecule has 3 amide bonds. The van der Waals surface area contributed by atoms with Gasteiger partial charge >= 0.3 is 0 Å². The summed E-state index contributed by atoms with van der Waals surface area (Å²) in [7, 11) is 1.55. The second-order valence-electron chi connectivity index (χ2n) is 9.75. The number of ether oxygens (including phenoxy) is 1. The SMILES string of the molecule is CCCC(C)NC(=O)C1N([C@@H](CO)Cc2ccccc2)C(=O)[C@@H]2[C@H](C(=O)NC)[C@H]3OC12CC3Br. The maximum absolute atomic E-state index is 14.0. The molecule has 4 rings (SSSR count). The van der Waals surface area contributed by atoms with Crippen LogP contribution >= 0.6 is 15.9 Å². The Morgan fingerprint density at radius 2 is 2.00 bits per heavy atom. The molecule has 8 nitrogen and oxygen atoms in total. The van der Waals surface area contributed by atoms with Crippen molar-refractivity contribution >= 4 is 33.7 Å². The molecule has 34 heavy (non-hydrogen) atoms. The summed E-state index contributed by atoms with van der Waals surface area (Å²) in [5, 5.41) is 16.1. The smallest absolute Gasteiger partial charge is 0.246 e. The molecule has 3 aliphatic rings. The Bertz CT molecular complexity index is 930. The minimum Gasteiger partial charge on any atom is -0.394 e. The Balaban J connectivity index is 1.75. The molecule has 3 N–H and O–H groups in total. The maximum Gasteiger partial charge on any atom is 0.246 e. The van der Waals surface area contributed by atoms with Crippen LogP contribution in [-0.4, -0.2) is 76.0 Å². The van der Waals surface area contributed by atoms with Gasteiger partial charge in [0.15, 0.2) is 0 Å². The molecule has 1 aromatic carbocycles. The van der Waals surface area contributed by atoms with Crippen molar-refractivity contribution in [3.63, 3.8) is 0 Å². The number of carbonyl (C=O) groups is 3. The largest absolute Gasteiger partial charge is 0.394 e. The van der Waals surface area contributed by atoms with E-state index in [-0.39, 0.29) is 35.2 Å². The van der Waals surface area contributed by atoms with Crippen LogP contribution < -0.4 is 10.6 Å². The van der Waals surface area contributed by atoms with Gasteiger partial charge in [0.2, 0.25) is 17.7 Å². The molecule has 3 aliphatic heterocycles. The van der Waals surface area contributed by atoms with Crippen LogP contribution in [-0.2, 0) is 25.5 Å². The number of halogens is 1. The van der Waals surface area contributed by atoms with Crippen molar-refractivity contribution < 1.29 is 24.2 Å². The monoisotopic (exact) mass is 535 g/mol. The van der Waals surface area contributed by atoms with E-state index < -0.39 is 35.6 Å². The first-order chi connectivity index (χ1) is 16.3. The van der Waals surface area contributed by atoms with Gasteiger partial charge in [-0.25, -0.2) is 0 Å². The van der Waals surface area contributed by atoms with Gasteiger partial charge in [0.25, 0.3) is 0 Å². The second-order valence-corrected chi connectivity index (χ2v) is 10.9. The van der Waals surface area contributed by atoms with Gasteiger partial charge in [-0.05, 0) is 31.7 Å². The first-order valence-electron chi connectivity index (χ1n) is 12.1. The van der Waals surface area contributed by atoms with E-state index >= 15 is 0 Å². The van der Waals surface area contributed by atoms with E-state index in [1.165, 1.54) is 4.90 Å². The number of alkyl halides is 1. The highest BCUT2D eigenvalue weighted by Crippen LogP contribution is 2.60. The molecule has 1 spiro atoms.